The van der Waals surface area contributed by atoms with E-state index in [1.807, 2.05) is 0 Å². The Morgan fingerprint density at radius 1 is 1.50 bits per heavy atom. The summed E-state index contributed by atoms with van der Waals surface area (Å²) in [6.07, 6.45) is 5.14. The van der Waals surface area contributed by atoms with Crippen molar-refractivity contribution in [1.29, 1.82) is 0 Å². The molecular formula is C18H20N4O4. The number of nitrogens with one attached hydrogen (secondary N) is 2. The molecule has 4 atom stereocenters. The maximum absolute atomic E-state index is 12.2. The van der Waals surface area contributed by atoms with E-state index in [2.05, 4.69) is 20.2 Å². The van der Waals surface area contributed by atoms with Gasteiger partial charge >= 0.3 is 0 Å². The Morgan fingerprint density at radius 2 is 2.42 bits per heavy atom. The Labute approximate surface area is 149 Å². The Bertz CT molecular complexity index is 879. The molecule has 2 aromatic heterocycles. The van der Waals surface area contributed by atoms with Crippen LogP contribution in [0.25, 0.3) is 0 Å². The van der Waals surface area contributed by atoms with Gasteiger partial charge < -0.3 is 24.4 Å². The number of nitrogens with zero attached hydrogens (tertiary/aromatic N) is 2. The lowest BCUT2D eigenvalue weighted by atomic mass is 9.73. The van der Waals surface area contributed by atoms with Crippen LogP contribution >= 0.6 is 0 Å². The van der Waals surface area contributed by atoms with Crippen molar-refractivity contribution in [2.45, 2.75) is 24.5 Å². The first kappa shape index (κ1) is 15.6. The summed E-state index contributed by atoms with van der Waals surface area (Å²) >= 11 is 0. The van der Waals surface area contributed by atoms with Crippen molar-refractivity contribution in [2.75, 3.05) is 24.5 Å². The van der Waals surface area contributed by atoms with Gasteiger partial charge in [0.1, 0.15) is 5.82 Å². The zero-order chi connectivity index (χ0) is 17.7. The molecule has 1 spiro atoms. The number of H-pyrrole nitrogens is 1. The van der Waals surface area contributed by atoms with Crippen LogP contribution in [0.3, 0.4) is 0 Å². The topological polar surface area (TPSA) is 100 Å². The van der Waals surface area contributed by atoms with Gasteiger partial charge in [0, 0.05) is 37.5 Å². The molecule has 26 heavy (non-hydrogen) atoms. The second-order valence-electron chi connectivity index (χ2n) is 7.37. The molecule has 0 unspecified atom stereocenters. The van der Waals surface area contributed by atoms with E-state index >= 15 is 0 Å². The fourth-order valence-electron chi connectivity index (χ4n) is 4.87. The lowest BCUT2D eigenvalue weighted by Crippen LogP contribution is -2.41. The first-order valence-electron chi connectivity index (χ1n) is 8.94. The highest BCUT2D eigenvalue weighted by Crippen LogP contribution is 2.55. The second kappa shape index (κ2) is 5.70. The van der Waals surface area contributed by atoms with E-state index in [1.165, 1.54) is 18.7 Å². The number of amides is 1. The predicted molar refractivity (Wildman–Crippen MR) is 91.9 cm³/mol. The second-order valence-corrected chi connectivity index (χ2v) is 7.37. The van der Waals surface area contributed by atoms with Gasteiger partial charge in [0.2, 0.25) is 0 Å². The third-order valence-electron chi connectivity index (χ3n) is 6.01. The summed E-state index contributed by atoms with van der Waals surface area (Å²) in [6, 6.07) is 4.88. The third kappa shape index (κ3) is 2.36. The summed E-state index contributed by atoms with van der Waals surface area (Å²) in [5.74, 6) is 1.39. The van der Waals surface area contributed by atoms with Gasteiger partial charge in [-0.05, 0) is 25.0 Å². The van der Waals surface area contributed by atoms with Gasteiger partial charge in [-0.15, -0.1) is 0 Å². The van der Waals surface area contributed by atoms with Crippen LogP contribution in [-0.2, 0) is 4.74 Å². The number of aromatic amines is 1. The van der Waals surface area contributed by atoms with Crippen LogP contribution in [0, 0.1) is 11.8 Å². The fourth-order valence-corrected chi connectivity index (χ4v) is 4.87. The largest absolute Gasteiger partial charge is 0.459 e. The summed E-state index contributed by atoms with van der Waals surface area (Å²) in [5.41, 5.74) is -0.341. The maximum Gasteiger partial charge on any atom is 0.286 e. The lowest BCUT2D eigenvalue weighted by molar-refractivity contribution is 0.0141. The number of carbonyl (C=O) groups excluding carboxylic acids is 1. The number of aromatic nitrogens is 2. The van der Waals surface area contributed by atoms with E-state index < -0.39 is 0 Å². The van der Waals surface area contributed by atoms with Gasteiger partial charge in [0.15, 0.2) is 5.76 Å². The fraction of sp³-hybridized carbons (Fsp3) is 0.500. The summed E-state index contributed by atoms with van der Waals surface area (Å²) in [4.78, 5) is 32.7. The molecule has 8 nitrogen and oxygen atoms in total. The molecule has 3 aliphatic heterocycles. The minimum Gasteiger partial charge on any atom is -0.459 e. The molecule has 3 fully saturated rings. The van der Waals surface area contributed by atoms with Crippen molar-refractivity contribution in [3.63, 3.8) is 0 Å². The average Bonchev–Trinajstić information content (AvgIpc) is 3.39. The van der Waals surface area contributed by atoms with E-state index in [-0.39, 0.29) is 29.1 Å². The number of fused-ring (bicyclic) bond motifs is 1. The van der Waals surface area contributed by atoms with Crippen LogP contribution in [-0.4, -0.2) is 47.2 Å². The normalized spacial score (nSPS) is 32.0. The van der Waals surface area contributed by atoms with Crippen LogP contribution in [0.4, 0.5) is 5.82 Å². The molecule has 3 aliphatic rings. The first-order valence-corrected chi connectivity index (χ1v) is 8.94. The van der Waals surface area contributed by atoms with E-state index in [0.29, 0.717) is 24.0 Å². The molecule has 2 aromatic rings. The number of anilines is 1. The van der Waals surface area contributed by atoms with Gasteiger partial charge in [0.25, 0.3) is 11.5 Å². The highest BCUT2D eigenvalue weighted by Gasteiger charge is 2.63. The van der Waals surface area contributed by atoms with Crippen molar-refractivity contribution in [3.05, 3.63) is 46.9 Å². The maximum atomic E-state index is 12.2. The molecule has 0 aliphatic carbocycles. The van der Waals surface area contributed by atoms with Gasteiger partial charge in [-0.25, -0.2) is 4.98 Å². The number of hydrogen-bond acceptors (Lipinski definition) is 6. The smallest absolute Gasteiger partial charge is 0.286 e. The third-order valence-corrected chi connectivity index (χ3v) is 6.01. The Morgan fingerprint density at radius 3 is 3.23 bits per heavy atom. The van der Waals surface area contributed by atoms with Crippen LogP contribution in [0.5, 0.6) is 0 Å². The van der Waals surface area contributed by atoms with Gasteiger partial charge in [-0.3, -0.25) is 9.59 Å². The lowest BCUT2D eigenvalue weighted by Gasteiger charge is -2.29. The number of rotatable bonds is 4. The van der Waals surface area contributed by atoms with E-state index in [4.69, 9.17) is 9.15 Å². The van der Waals surface area contributed by atoms with Crippen LogP contribution < -0.4 is 15.8 Å². The Hall–Kier alpha value is -2.61. The highest BCUT2D eigenvalue weighted by molar-refractivity contribution is 5.91. The quantitative estimate of drug-likeness (QED) is 0.840. The molecule has 0 aromatic carbocycles. The van der Waals surface area contributed by atoms with E-state index in [0.717, 1.165) is 25.9 Å². The van der Waals surface area contributed by atoms with Crippen LogP contribution in [0.1, 0.15) is 23.4 Å². The summed E-state index contributed by atoms with van der Waals surface area (Å²) < 4.78 is 11.5. The van der Waals surface area contributed by atoms with Crippen molar-refractivity contribution < 1.29 is 13.9 Å². The minimum absolute atomic E-state index is 0.156. The van der Waals surface area contributed by atoms with Gasteiger partial charge in [-0.2, -0.15) is 0 Å². The molecular weight excluding hydrogens is 336 g/mol. The van der Waals surface area contributed by atoms with Crippen molar-refractivity contribution in [3.8, 4) is 0 Å². The highest BCUT2D eigenvalue weighted by atomic mass is 16.5. The average molecular weight is 356 g/mol. The monoisotopic (exact) mass is 356 g/mol. The SMILES string of the molecule is O=C(NC[C@H]1[C@H]2CN(c3cc(=O)[nH]cn3)C[C@]23CC[C@H]1O3)c1ccco1. The van der Waals surface area contributed by atoms with Crippen LogP contribution in [0.2, 0.25) is 0 Å². The molecule has 2 N–H and O–H groups in total. The minimum atomic E-state index is -0.196. The van der Waals surface area contributed by atoms with Gasteiger partial charge in [0.05, 0.1) is 24.3 Å². The van der Waals surface area contributed by atoms with E-state index in [1.54, 1.807) is 12.1 Å². The van der Waals surface area contributed by atoms with Crippen molar-refractivity contribution in [1.82, 2.24) is 15.3 Å². The molecule has 2 bridgehead atoms. The van der Waals surface area contributed by atoms with Crippen molar-refractivity contribution >= 4 is 11.7 Å². The Balaban J connectivity index is 1.32. The molecule has 0 radical (unpaired) electrons. The molecule has 0 saturated carbocycles. The number of carbonyl (C=O) groups is 1. The zero-order valence-corrected chi connectivity index (χ0v) is 14.2. The Kier molecular flexibility index (Phi) is 3.43. The van der Waals surface area contributed by atoms with Crippen molar-refractivity contribution in [2.24, 2.45) is 11.8 Å². The molecule has 5 heterocycles. The molecule has 8 heteroatoms. The molecule has 1 amide bonds. The van der Waals surface area contributed by atoms with Crippen LogP contribution in [0.15, 0.2) is 40.0 Å². The molecule has 5 rings (SSSR count). The molecule has 136 valence electrons. The summed E-state index contributed by atoms with van der Waals surface area (Å²) in [6.45, 7) is 2.09. The zero-order valence-electron chi connectivity index (χ0n) is 14.2. The first-order chi connectivity index (χ1) is 12.6. The number of furan rings is 1. The standard InChI is InChI=1S/C18H20N4O4/c23-16-6-15(20-10-21-16)22-8-12-11(13-3-4-18(12,9-22)26-13)7-19-17(24)14-2-1-5-25-14/h1-2,5-6,10-13H,3-4,7-9H2,(H,19,24)(H,20,21,23)/t11-,12+,13+,18+/m0/s1. The summed E-state index contributed by atoms with van der Waals surface area (Å²) in [7, 11) is 0. The van der Waals surface area contributed by atoms with Gasteiger partial charge in [-0.1, -0.05) is 0 Å². The number of hydrogen-bond donors (Lipinski definition) is 2. The predicted octanol–water partition coefficient (Wildman–Crippen LogP) is 0.777. The molecule has 3 saturated heterocycles. The summed E-state index contributed by atoms with van der Waals surface area (Å²) in [5, 5.41) is 2.98. The van der Waals surface area contributed by atoms with E-state index in [9.17, 15) is 9.59 Å². The number of ether oxygens (including phenoxy) is 1.